The average molecular weight is 246 g/mol. The summed E-state index contributed by atoms with van der Waals surface area (Å²) in [4.78, 5) is 3.99. The number of pyridine rings is 1. The number of benzene rings is 1. The normalized spacial score (nSPS) is 12.2. The van der Waals surface area contributed by atoms with E-state index in [0.29, 0.717) is 12.4 Å². The predicted octanol–water partition coefficient (Wildman–Crippen LogP) is 2.82. The zero-order valence-corrected chi connectivity index (χ0v) is 10.1. The molecule has 1 atom stereocenters. The molecule has 0 aliphatic heterocycles. The largest absolute Gasteiger partial charge is 0.488 e. The van der Waals surface area contributed by atoms with Crippen molar-refractivity contribution in [1.29, 1.82) is 0 Å². The Bertz CT molecular complexity index is 514. The molecule has 94 valence electrons. The number of nitrogens with two attached hydrogens (primary N) is 1. The van der Waals surface area contributed by atoms with Gasteiger partial charge in [-0.3, -0.25) is 4.98 Å². The molecule has 0 aliphatic carbocycles. The van der Waals surface area contributed by atoms with E-state index >= 15 is 0 Å². The summed E-state index contributed by atoms with van der Waals surface area (Å²) < 4.78 is 18.8. The van der Waals surface area contributed by atoms with Crippen molar-refractivity contribution < 1.29 is 9.13 Å². The van der Waals surface area contributed by atoms with E-state index < -0.39 is 0 Å². The monoisotopic (exact) mass is 246 g/mol. The molecule has 1 heterocycles. The van der Waals surface area contributed by atoms with Gasteiger partial charge in [-0.1, -0.05) is 12.1 Å². The lowest BCUT2D eigenvalue weighted by Crippen LogP contribution is -2.08. The molecule has 0 aliphatic rings. The SMILES string of the molecule is C[C@@H](N)c1ccc(F)cc1OCc1cccnc1. The van der Waals surface area contributed by atoms with Crippen molar-refractivity contribution in [2.45, 2.75) is 19.6 Å². The summed E-state index contributed by atoms with van der Waals surface area (Å²) in [5.74, 6) is 0.148. The van der Waals surface area contributed by atoms with Crippen LogP contribution in [0.2, 0.25) is 0 Å². The van der Waals surface area contributed by atoms with Crippen LogP contribution in [0.25, 0.3) is 0 Å². The van der Waals surface area contributed by atoms with Crippen LogP contribution < -0.4 is 10.5 Å². The second-order valence-corrected chi connectivity index (χ2v) is 4.12. The minimum absolute atomic E-state index is 0.200. The third-order valence-electron chi connectivity index (χ3n) is 2.58. The lowest BCUT2D eigenvalue weighted by atomic mass is 10.1. The minimum atomic E-state index is -0.333. The molecule has 0 unspecified atom stereocenters. The van der Waals surface area contributed by atoms with Crippen molar-refractivity contribution in [1.82, 2.24) is 4.98 Å². The maximum Gasteiger partial charge on any atom is 0.127 e. The molecule has 2 N–H and O–H groups in total. The molecule has 0 saturated carbocycles. The molecule has 0 spiro atoms. The number of rotatable bonds is 4. The Balaban J connectivity index is 2.15. The summed E-state index contributed by atoms with van der Waals surface area (Å²) in [6, 6.07) is 7.92. The Morgan fingerprint density at radius 3 is 2.89 bits per heavy atom. The van der Waals surface area contributed by atoms with E-state index in [1.807, 2.05) is 19.1 Å². The van der Waals surface area contributed by atoms with E-state index in [4.69, 9.17) is 10.5 Å². The first-order valence-corrected chi connectivity index (χ1v) is 5.73. The van der Waals surface area contributed by atoms with Crippen molar-refractivity contribution in [2.24, 2.45) is 5.73 Å². The Morgan fingerprint density at radius 2 is 2.22 bits per heavy atom. The summed E-state index contributed by atoms with van der Waals surface area (Å²) >= 11 is 0. The molecule has 0 bridgehead atoms. The van der Waals surface area contributed by atoms with Gasteiger partial charge < -0.3 is 10.5 Å². The summed E-state index contributed by atoms with van der Waals surface area (Å²) in [5, 5.41) is 0. The number of aromatic nitrogens is 1. The second-order valence-electron chi connectivity index (χ2n) is 4.12. The van der Waals surface area contributed by atoms with Gasteiger partial charge in [-0.2, -0.15) is 0 Å². The summed E-state index contributed by atoms with van der Waals surface area (Å²) in [7, 11) is 0. The lowest BCUT2D eigenvalue weighted by molar-refractivity contribution is 0.299. The van der Waals surface area contributed by atoms with Crippen LogP contribution in [-0.4, -0.2) is 4.98 Å². The molecule has 0 radical (unpaired) electrons. The first kappa shape index (κ1) is 12.5. The molecular weight excluding hydrogens is 231 g/mol. The van der Waals surface area contributed by atoms with Gasteiger partial charge in [0.2, 0.25) is 0 Å². The van der Waals surface area contributed by atoms with E-state index in [2.05, 4.69) is 4.98 Å². The fraction of sp³-hybridized carbons (Fsp3) is 0.214. The van der Waals surface area contributed by atoms with E-state index in [9.17, 15) is 4.39 Å². The van der Waals surface area contributed by atoms with Gasteiger partial charge in [-0.05, 0) is 19.1 Å². The Kier molecular flexibility index (Phi) is 3.89. The van der Waals surface area contributed by atoms with E-state index in [-0.39, 0.29) is 11.9 Å². The van der Waals surface area contributed by atoms with E-state index in [0.717, 1.165) is 11.1 Å². The Hall–Kier alpha value is -1.94. The molecule has 4 heteroatoms. The van der Waals surface area contributed by atoms with Crippen LogP contribution in [0, 0.1) is 5.82 Å². The number of hydrogen-bond donors (Lipinski definition) is 1. The van der Waals surface area contributed by atoms with Crippen molar-refractivity contribution in [3.05, 3.63) is 59.7 Å². The maximum atomic E-state index is 13.2. The van der Waals surface area contributed by atoms with Crippen molar-refractivity contribution in [2.75, 3.05) is 0 Å². The van der Waals surface area contributed by atoms with Gasteiger partial charge in [0, 0.05) is 35.6 Å². The van der Waals surface area contributed by atoms with Crippen LogP contribution in [0.3, 0.4) is 0 Å². The molecule has 2 aromatic rings. The van der Waals surface area contributed by atoms with Crippen molar-refractivity contribution in [3.8, 4) is 5.75 Å². The van der Waals surface area contributed by atoms with Gasteiger partial charge in [0.1, 0.15) is 18.2 Å². The van der Waals surface area contributed by atoms with Gasteiger partial charge in [-0.15, -0.1) is 0 Å². The van der Waals surface area contributed by atoms with Crippen LogP contribution in [0.5, 0.6) is 5.75 Å². The molecule has 0 amide bonds. The number of hydrogen-bond acceptors (Lipinski definition) is 3. The topological polar surface area (TPSA) is 48.1 Å². The standard InChI is InChI=1S/C14H15FN2O/c1-10(16)13-5-4-12(15)7-14(13)18-9-11-3-2-6-17-8-11/h2-8,10H,9,16H2,1H3/t10-/m1/s1. The average Bonchev–Trinajstić information content (AvgIpc) is 2.37. The number of nitrogens with zero attached hydrogens (tertiary/aromatic N) is 1. The van der Waals surface area contributed by atoms with Gasteiger partial charge in [0.25, 0.3) is 0 Å². The van der Waals surface area contributed by atoms with Crippen molar-refractivity contribution >= 4 is 0 Å². The van der Waals surface area contributed by atoms with Gasteiger partial charge in [0.05, 0.1) is 0 Å². The van der Waals surface area contributed by atoms with Gasteiger partial charge in [-0.25, -0.2) is 4.39 Å². The zero-order chi connectivity index (χ0) is 13.0. The van der Waals surface area contributed by atoms with Crippen LogP contribution in [0.4, 0.5) is 4.39 Å². The van der Waals surface area contributed by atoms with E-state index in [1.165, 1.54) is 12.1 Å². The molecule has 1 aromatic carbocycles. The van der Waals surface area contributed by atoms with Gasteiger partial charge in [0.15, 0.2) is 0 Å². The third-order valence-corrected chi connectivity index (χ3v) is 2.58. The van der Waals surface area contributed by atoms with Gasteiger partial charge >= 0.3 is 0 Å². The first-order valence-electron chi connectivity index (χ1n) is 5.73. The molecule has 0 saturated heterocycles. The Labute approximate surface area is 105 Å². The van der Waals surface area contributed by atoms with Crippen LogP contribution >= 0.6 is 0 Å². The maximum absolute atomic E-state index is 13.2. The van der Waals surface area contributed by atoms with Crippen LogP contribution in [0.15, 0.2) is 42.7 Å². The van der Waals surface area contributed by atoms with Crippen LogP contribution in [0.1, 0.15) is 24.1 Å². The predicted molar refractivity (Wildman–Crippen MR) is 67.6 cm³/mol. The summed E-state index contributed by atoms with van der Waals surface area (Å²) in [6.45, 7) is 2.18. The van der Waals surface area contributed by atoms with Crippen LogP contribution in [-0.2, 0) is 6.61 Å². The molecular formula is C14H15FN2O. The first-order chi connectivity index (χ1) is 8.66. The highest BCUT2D eigenvalue weighted by Crippen LogP contribution is 2.25. The number of ether oxygens (including phenoxy) is 1. The third kappa shape index (κ3) is 3.05. The highest BCUT2D eigenvalue weighted by Gasteiger charge is 2.09. The summed E-state index contributed by atoms with van der Waals surface area (Å²) in [6.07, 6.45) is 3.41. The molecule has 2 rings (SSSR count). The quantitative estimate of drug-likeness (QED) is 0.902. The molecule has 0 fully saturated rings. The smallest absolute Gasteiger partial charge is 0.127 e. The Morgan fingerprint density at radius 1 is 1.39 bits per heavy atom. The fourth-order valence-corrected chi connectivity index (χ4v) is 1.65. The molecule has 18 heavy (non-hydrogen) atoms. The minimum Gasteiger partial charge on any atom is -0.488 e. The highest BCUT2D eigenvalue weighted by molar-refractivity contribution is 5.36. The second kappa shape index (κ2) is 5.60. The lowest BCUT2D eigenvalue weighted by Gasteiger charge is -2.14. The molecule has 1 aromatic heterocycles. The molecule has 3 nitrogen and oxygen atoms in total. The van der Waals surface area contributed by atoms with E-state index in [1.54, 1.807) is 18.5 Å². The fourth-order valence-electron chi connectivity index (χ4n) is 1.65. The summed E-state index contributed by atoms with van der Waals surface area (Å²) in [5.41, 5.74) is 7.54. The highest BCUT2D eigenvalue weighted by atomic mass is 19.1. The van der Waals surface area contributed by atoms with Crippen molar-refractivity contribution in [3.63, 3.8) is 0 Å². The zero-order valence-electron chi connectivity index (χ0n) is 10.1. The number of halogens is 1.